The maximum absolute atomic E-state index is 13.5. The molecule has 33 heavy (non-hydrogen) atoms. The summed E-state index contributed by atoms with van der Waals surface area (Å²) in [5.74, 6) is -0.160. The van der Waals surface area contributed by atoms with Gasteiger partial charge < -0.3 is 0 Å². The molecular weight excluding hydrogens is 442 g/mol. The van der Waals surface area contributed by atoms with Gasteiger partial charge in [-0.1, -0.05) is 36.4 Å². The molecule has 2 aromatic rings. The summed E-state index contributed by atoms with van der Waals surface area (Å²) in [7, 11) is 1.93. The largest absolute Gasteiger partial charge is 0.417 e. The number of nitriles is 1. The first kappa shape index (κ1) is 25.1. The molecule has 2 unspecified atom stereocenters. The second-order valence-electron chi connectivity index (χ2n) is 8.90. The van der Waals surface area contributed by atoms with Crippen molar-refractivity contribution in [3.63, 3.8) is 0 Å². The molecule has 0 radical (unpaired) electrons. The number of rotatable bonds is 8. The Bertz CT molecular complexity index is 989. The van der Waals surface area contributed by atoms with E-state index in [-0.39, 0.29) is 23.9 Å². The molecule has 0 spiro atoms. The van der Waals surface area contributed by atoms with Gasteiger partial charge in [-0.25, -0.2) is 0 Å². The van der Waals surface area contributed by atoms with Crippen molar-refractivity contribution in [1.29, 1.82) is 5.26 Å². The minimum Gasteiger partial charge on any atom is -0.299 e. The minimum absolute atomic E-state index is 0.0192. The molecule has 0 aliphatic heterocycles. The minimum atomic E-state index is -5.17. The molecule has 0 aromatic heterocycles. The number of hydrogen-bond donors (Lipinski definition) is 0. The number of nitrogens with zero attached hydrogens (tertiary/aromatic N) is 2. The smallest absolute Gasteiger partial charge is 0.299 e. The molecule has 2 atom stereocenters. The fraction of sp³-hybridized carbons (Fsp3) is 0.480. The van der Waals surface area contributed by atoms with Crippen molar-refractivity contribution < 1.29 is 26.3 Å². The van der Waals surface area contributed by atoms with Crippen LogP contribution in [-0.4, -0.2) is 18.0 Å². The van der Waals surface area contributed by atoms with Gasteiger partial charge in [-0.3, -0.25) is 4.90 Å². The third kappa shape index (κ3) is 5.70. The standard InChI is InChI=1S/C25H26F6N2/c1-17(33(2)15-18-6-4-3-5-7-18)12-13-23(16-32,19-8-9-19)20-10-11-21(24(26,27)28)22(14-20)25(29,30)31/h3-7,10-11,14,17,19H,8-9,12-13,15H2,1-2H3. The van der Waals surface area contributed by atoms with E-state index >= 15 is 0 Å². The summed E-state index contributed by atoms with van der Waals surface area (Å²) >= 11 is 0. The summed E-state index contributed by atoms with van der Waals surface area (Å²) < 4.78 is 80.1. The topological polar surface area (TPSA) is 27.0 Å². The quantitative estimate of drug-likeness (QED) is 0.383. The summed E-state index contributed by atoms with van der Waals surface area (Å²) in [4.78, 5) is 2.10. The van der Waals surface area contributed by atoms with Crippen LogP contribution in [0.1, 0.15) is 54.9 Å². The first-order chi connectivity index (χ1) is 15.4. The van der Waals surface area contributed by atoms with Crippen molar-refractivity contribution in [3.8, 4) is 6.07 Å². The van der Waals surface area contributed by atoms with Crippen LogP contribution in [-0.2, 0) is 24.3 Å². The average Bonchev–Trinajstić information content (AvgIpc) is 3.59. The molecule has 0 N–H and O–H groups in total. The normalized spacial score (nSPS) is 17.5. The summed E-state index contributed by atoms with van der Waals surface area (Å²) in [6, 6.07) is 14.1. The Hall–Kier alpha value is -2.53. The second-order valence-corrected chi connectivity index (χ2v) is 8.90. The summed E-state index contributed by atoms with van der Waals surface area (Å²) in [5.41, 5.74) is -3.57. The fourth-order valence-corrected chi connectivity index (χ4v) is 4.36. The van der Waals surface area contributed by atoms with Crippen LogP contribution >= 0.6 is 0 Å². The van der Waals surface area contributed by atoms with E-state index in [2.05, 4.69) is 11.0 Å². The fourth-order valence-electron chi connectivity index (χ4n) is 4.36. The first-order valence-electron chi connectivity index (χ1n) is 10.8. The first-order valence-corrected chi connectivity index (χ1v) is 10.8. The van der Waals surface area contributed by atoms with E-state index in [0.29, 0.717) is 37.9 Å². The molecule has 0 heterocycles. The Labute approximate surface area is 189 Å². The van der Waals surface area contributed by atoms with Gasteiger partial charge in [0.25, 0.3) is 0 Å². The number of hydrogen-bond acceptors (Lipinski definition) is 2. The maximum atomic E-state index is 13.5. The van der Waals surface area contributed by atoms with Crippen molar-refractivity contribution in [2.24, 2.45) is 5.92 Å². The van der Waals surface area contributed by atoms with Crippen molar-refractivity contribution >= 4 is 0 Å². The Morgan fingerprint density at radius 1 is 0.970 bits per heavy atom. The van der Waals surface area contributed by atoms with Gasteiger partial charge in [0.1, 0.15) is 0 Å². The van der Waals surface area contributed by atoms with E-state index in [0.717, 1.165) is 11.6 Å². The van der Waals surface area contributed by atoms with Gasteiger partial charge in [-0.15, -0.1) is 0 Å². The highest BCUT2D eigenvalue weighted by Gasteiger charge is 2.49. The van der Waals surface area contributed by atoms with Crippen molar-refractivity contribution in [2.75, 3.05) is 7.05 Å². The molecule has 8 heteroatoms. The predicted molar refractivity (Wildman–Crippen MR) is 113 cm³/mol. The summed E-state index contributed by atoms with van der Waals surface area (Å²) in [6.07, 6.45) is -8.16. The van der Waals surface area contributed by atoms with Crippen molar-refractivity contribution in [1.82, 2.24) is 4.90 Å². The van der Waals surface area contributed by atoms with Crippen LogP contribution in [0.3, 0.4) is 0 Å². The second kappa shape index (κ2) is 9.38. The van der Waals surface area contributed by atoms with Crippen LogP contribution in [0.5, 0.6) is 0 Å². The van der Waals surface area contributed by atoms with E-state index in [1.54, 1.807) is 0 Å². The van der Waals surface area contributed by atoms with Gasteiger partial charge in [-0.2, -0.15) is 31.6 Å². The van der Waals surface area contributed by atoms with Gasteiger partial charge in [0.2, 0.25) is 0 Å². The summed E-state index contributed by atoms with van der Waals surface area (Å²) in [5, 5.41) is 10.1. The highest BCUT2D eigenvalue weighted by atomic mass is 19.4. The molecule has 3 rings (SSSR count). The predicted octanol–water partition coefficient (Wildman–Crippen LogP) is 7.20. The number of alkyl halides is 6. The van der Waals surface area contributed by atoms with Crippen LogP contribution < -0.4 is 0 Å². The zero-order chi connectivity index (χ0) is 24.4. The molecule has 178 valence electrons. The highest BCUT2D eigenvalue weighted by molar-refractivity contribution is 5.43. The zero-order valence-electron chi connectivity index (χ0n) is 18.5. The molecule has 0 amide bonds. The van der Waals surface area contributed by atoms with E-state index in [4.69, 9.17) is 0 Å². The molecule has 1 aliphatic carbocycles. The monoisotopic (exact) mass is 468 g/mol. The van der Waals surface area contributed by atoms with Gasteiger partial charge >= 0.3 is 12.4 Å². The van der Waals surface area contributed by atoms with E-state index in [1.807, 2.05) is 44.3 Å². The Morgan fingerprint density at radius 3 is 2.09 bits per heavy atom. The van der Waals surface area contributed by atoms with E-state index in [9.17, 15) is 31.6 Å². The SMILES string of the molecule is CC(CCC(C#N)(c1ccc(C(F)(F)F)c(C(F)(F)F)c1)C1CC1)N(C)Cc1ccccc1. The third-order valence-corrected chi connectivity index (χ3v) is 6.60. The Morgan fingerprint density at radius 2 is 1.58 bits per heavy atom. The molecule has 0 saturated heterocycles. The lowest BCUT2D eigenvalue weighted by atomic mass is 9.72. The van der Waals surface area contributed by atoms with Gasteiger partial charge in [0.15, 0.2) is 0 Å². The van der Waals surface area contributed by atoms with Crippen LogP contribution in [0, 0.1) is 17.2 Å². The molecule has 2 aromatic carbocycles. The lowest BCUT2D eigenvalue weighted by Crippen LogP contribution is -2.34. The number of halogens is 6. The van der Waals surface area contributed by atoms with Crippen molar-refractivity contribution in [2.45, 2.75) is 63.0 Å². The molecule has 1 saturated carbocycles. The van der Waals surface area contributed by atoms with Gasteiger partial charge in [-0.05, 0) is 68.8 Å². The Kier molecular flexibility index (Phi) is 7.13. The molecule has 0 bridgehead atoms. The number of benzene rings is 2. The lowest BCUT2D eigenvalue weighted by molar-refractivity contribution is -0.162. The van der Waals surface area contributed by atoms with Crippen molar-refractivity contribution in [3.05, 3.63) is 70.8 Å². The van der Waals surface area contributed by atoms with Crippen LogP contribution in [0.2, 0.25) is 0 Å². The zero-order valence-corrected chi connectivity index (χ0v) is 18.5. The van der Waals surface area contributed by atoms with Gasteiger partial charge in [0, 0.05) is 12.6 Å². The van der Waals surface area contributed by atoms with Gasteiger partial charge in [0.05, 0.1) is 22.6 Å². The molecule has 1 fully saturated rings. The Balaban J connectivity index is 1.87. The summed E-state index contributed by atoms with van der Waals surface area (Å²) in [6.45, 7) is 2.65. The molecule has 1 aliphatic rings. The van der Waals surface area contributed by atoms with E-state index < -0.39 is 28.9 Å². The van der Waals surface area contributed by atoms with Crippen LogP contribution in [0.4, 0.5) is 26.3 Å². The van der Waals surface area contributed by atoms with Crippen LogP contribution in [0.15, 0.2) is 48.5 Å². The molecular formula is C25H26F6N2. The van der Waals surface area contributed by atoms with Crippen LogP contribution in [0.25, 0.3) is 0 Å². The molecule has 2 nitrogen and oxygen atoms in total. The van der Waals surface area contributed by atoms with E-state index in [1.165, 1.54) is 0 Å². The average molecular weight is 468 g/mol. The maximum Gasteiger partial charge on any atom is 0.417 e. The lowest BCUT2D eigenvalue weighted by Gasteiger charge is -2.32. The highest BCUT2D eigenvalue weighted by Crippen LogP contribution is 2.52. The third-order valence-electron chi connectivity index (χ3n) is 6.60.